The zero-order valence-corrected chi connectivity index (χ0v) is 10.0. The molecule has 0 N–H and O–H groups in total. The van der Waals surface area contributed by atoms with Crippen molar-refractivity contribution < 1.29 is 4.39 Å². The van der Waals surface area contributed by atoms with Crippen LogP contribution in [0.2, 0.25) is 0 Å². The fraction of sp³-hybridized carbons (Fsp3) is 0.556. The van der Waals surface area contributed by atoms with Gasteiger partial charge in [-0.2, -0.15) is 0 Å². The Morgan fingerprint density at radius 1 is 1.57 bits per heavy atom. The normalized spacial score (nSPS) is 12.6. The zero-order chi connectivity index (χ0) is 10.7. The fourth-order valence-corrected chi connectivity index (χ4v) is 1.61. The van der Waals surface area contributed by atoms with Crippen molar-refractivity contribution in [2.24, 2.45) is 0 Å². The van der Waals surface area contributed by atoms with Crippen molar-refractivity contribution in [3.8, 4) is 0 Å². The number of aromatic nitrogens is 2. The highest BCUT2D eigenvalue weighted by molar-refractivity contribution is 9.09. The van der Waals surface area contributed by atoms with Crippen molar-refractivity contribution in [2.45, 2.75) is 18.7 Å². The minimum Gasteiger partial charge on any atom is -0.356 e. The van der Waals surface area contributed by atoms with Crippen molar-refractivity contribution in [1.29, 1.82) is 0 Å². The highest BCUT2D eigenvalue weighted by atomic mass is 79.9. The first-order valence-electron chi connectivity index (χ1n) is 4.34. The molecule has 0 aromatic carbocycles. The molecule has 1 heterocycles. The van der Waals surface area contributed by atoms with E-state index in [4.69, 9.17) is 0 Å². The molecule has 78 valence electrons. The second kappa shape index (κ2) is 4.68. The Hall–Kier alpha value is -0.710. The molecule has 0 fully saturated rings. The van der Waals surface area contributed by atoms with Crippen LogP contribution in [0.3, 0.4) is 0 Å². The Kier molecular flexibility index (Phi) is 3.80. The lowest BCUT2D eigenvalue weighted by molar-refractivity contribution is 0.595. The molecule has 0 saturated carbocycles. The van der Waals surface area contributed by atoms with E-state index in [9.17, 15) is 4.39 Å². The van der Waals surface area contributed by atoms with Gasteiger partial charge in [0.2, 0.25) is 0 Å². The van der Waals surface area contributed by atoms with E-state index in [2.05, 4.69) is 25.9 Å². The minimum absolute atomic E-state index is 0.294. The van der Waals surface area contributed by atoms with Crippen LogP contribution in [0.5, 0.6) is 0 Å². The fourth-order valence-electron chi connectivity index (χ4n) is 1.18. The molecule has 1 atom stereocenters. The number of hydrogen-bond donors (Lipinski definition) is 0. The maximum Gasteiger partial charge on any atom is 0.186 e. The van der Waals surface area contributed by atoms with Gasteiger partial charge in [-0.25, -0.2) is 14.4 Å². The van der Waals surface area contributed by atoms with Crippen LogP contribution < -0.4 is 4.90 Å². The number of nitrogens with zero attached hydrogens (tertiary/aromatic N) is 3. The number of anilines is 1. The van der Waals surface area contributed by atoms with Crippen LogP contribution in [-0.2, 0) is 0 Å². The van der Waals surface area contributed by atoms with Crippen molar-refractivity contribution >= 4 is 21.7 Å². The number of halogens is 2. The predicted octanol–water partition coefficient (Wildman–Crippen LogP) is 2.14. The van der Waals surface area contributed by atoms with Crippen LogP contribution >= 0.6 is 15.9 Å². The quantitative estimate of drug-likeness (QED) is 0.781. The third-order valence-corrected chi connectivity index (χ3v) is 2.12. The van der Waals surface area contributed by atoms with Gasteiger partial charge in [-0.3, -0.25) is 0 Å². The molecule has 0 radical (unpaired) electrons. The first-order valence-corrected chi connectivity index (χ1v) is 5.26. The molecular formula is C9H13BrFN3. The smallest absolute Gasteiger partial charge is 0.186 e. The monoisotopic (exact) mass is 261 g/mol. The summed E-state index contributed by atoms with van der Waals surface area (Å²) in [5.41, 5.74) is 0.379. The first kappa shape index (κ1) is 11.4. The topological polar surface area (TPSA) is 29.0 Å². The standard InChI is InChI=1S/C9H13BrFN3/c1-6(10)4-14(3)9-8(11)7(2)12-5-13-9/h5-6H,4H2,1-3H3. The molecule has 1 aromatic rings. The Morgan fingerprint density at radius 2 is 2.21 bits per heavy atom. The molecule has 0 spiro atoms. The van der Waals surface area contributed by atoms with Gasteiger partial charge in [-0.1, -0.05) is 22.9 Å². The van der Waals surface area contributed by atoms with Crippen LogP contribution in [-0.4, -0.2) is 28.4 Å². The van der Waals surface area contributed by atoms with E-state index >= 15 is 0 Å². The summed E-state index contributed by atoms with van der Waals surface area (Å²) >= 11 is 3.41. The molecule has 0 bridgehead atoms. The average Bonchev–Trinajstić information content (AvgIpc) is 2.08. The SMILES string of the molecule is Cc1ncnc(N(C)CC(C)Br)c1F. The van der Waals surface area contributed by atoms with Crippen molar-refractivity contribution in [3.63, 3.8) is 0 Å². The van der Waals surface area contributed by atoms with Crippen LogP contribution in [0.1, 0.15) is 12.6 Å². The summed E-state index contributed by atoms with van der Waals surface area (Å²) in [5.74, 6) is 0.00644. The molecule has 3 nitrogen and oxygen atoms in total. The van der Waals surface area contributed by atoms with E-state index in [-0.39, 0.29) is 5.82 Å². The summed E-state index contributed by atoms with van der Waals surface area (Å²) < 4.78 is 13.5. The average molecular weight is 262 g/mol. The largest absolute Gasteiger partial charge is 0.356 e. The van der Waals surface area contributed by atoms with Crippen LogP contribution in [0.15, 0.2) is 6.33 Å². The molecule has 1 aromatic heterocycles. The summed E-state index contributed by atoms with van der Waals surface area (Å²) in [6.07, 6.45) is 1.38. The van der Waals surface area contributed by atoms with Gasteiger partial charge in [0.15, 0.2) is 11.6 Å². The lowest BCUT2D eigenvalue weighted by Gasteiger charge is -2.20. The van der Waals surface area contributed by atoms with Crippen molar-refractivity contribution in [3.05, 3.63) is 17.8 Å². The third kappa shape index (κ3) is 2.64. The van der Waals surface area contributed by atoms with Crippen LogP contribution in [0, 0.1) is 12.7 Å². The highest BCUT2D eigenvalue weighted by Gasteiger charge is 2.13. The highest BCUT2D eigenvalue weighted by Crippen LogP contribution is 2.16. The number of alkyl halides is 1. The summed E-state index contributed by atoms with van der Waals surface area (Å²) in [5, 5.41) is 0. The van der Waals surface area contributed by atoms with Crippen LogP contribution in [0.4, 0.5) is 10.2 Å². The number of hydrogen-bond acceptors (Lipinski definition) is 3. The van der Waals surface area contributed by atoms with E-state index in [1.807, 2.05) is 14.0 Å². The summed E-state index contributed by atoms with van der Waals surface area (Å²) in [6, 6.07) is 0. The molecule has 1 rings (SSSR count). The second-order valence-electron chi connectivity index (χ2n) is 3.26. The predicted molar refractivity (Wildman–Crippen MR) is 58.4 cm³/mol. The summed E-state index contributed by atoms with van der Waals surface area (Å²) in [7, 11) is 1.81. The summed E-state index contributed by atoms with van der Waals surface area (Å²) in [6.45, 7) is 4.34. The maximum absolute atomic E-state index is 13.5. The van der Waals surface area contributed by atoms with Crippen LogP contribution in [0.25, 0.3) is 0 Å². The Labute approximate surface area is 91.5 Å². The molecular weight excluding hydrogens is 249 g/mol. The zero-order valence-electron chi connectivity index (χ0n) is 8.46. The Bertz CT molecular complexity index is 317. The van der Waals surface area contributed by atoms with E-state index in [1.54, 1.807) is 11.8 Å². The molecule has 0 saturated heterocycles. The van der Waals surface area contributed by atoms with E-state index in [0.29, 0.717) is 22.9 Å². The Balaban J connectivity index is 2.89. The summed E-state index contributed by atoms with van der Waals surface area (Å²) in [4.78, 5) is 9.75. The lowest BCUT2D eigenvalue weighted by Crippen LogP contribution is -2.26. The van der Waals surface area contributed by atoms with E-state index < -0.39 is 0 Å². The van der Waals surface area contributed by atoms with Gasteiger partial charge >= 0.3 is 0 Å². The van der Waals surface area contributed by atoms with Gasteiger partial charge in [0.1, 0.15) is 6.33 Å². The van der Waals surface area contributed by atoms with Crippen molar-refractivity contribution in [1.82, 2.24) is 9.97 Å². The molecule has 0 aliphatic rings. The minimum atomic E-state index is -0.344. The molecule has 0 aliphatic heterocycles. The van der Waals surface area contributed by atoms with Gasteiger partial charge in [-0.15, -0.1) is 0 Å². The van der Waals surface area contributed by atoms with Gasteiger partial charge in [0.05, 0.1) is 5.69 Å². The molecule has 14 heavy (non-hydrogen) atoms. The second-order valence-corrected chi connectivity index (χ2v) is 4.82. The van der Waals surface area contributed by atoms with Gasteiger partial charge in [0, 0.05) is 18.4 Å². The first-order chi connectivity index (χ1) is 6.52. The molecule has 0 aliphatic carbocycles. The van der Waals surface area contributed by atoms with Gasteiger partial charge in [-0.05, 0) is 6.92 Å². The molecule has 5 heteroatoms. The maximum atomic E-state index is 13.5. The van der Waals surface area contributed by atoms with Gasteiger partial charge in [0.25, 0.3) is 0 Å². The van der Waals surface area contributed by atoms with Crippen molar-refractivity contribution in [2.75, 3.05) is 18.5 Å². The molecule has 1 unspecified atom stereocenters. The number of aryl methyl sites for hydroxylation is 1. The molecule has 0 amide bonds. The number of rotatable bonds is 3. The Morgan fingerprint density at radius 3 is 2.79 bits per heavy atom. The lowest BCUT2D eigenvalue weighted by atomic mass is 10.3. The van der Waals surface area contributed by atoms with E-state index in [1.165, 1.54) is 6.33 Å². The van der Waals surface area contributed by atoms with Gasteiger partial charge < -0.3 is 4.90 Å². The van der Waals surface area contributed by atoms with E-state index in [0.717, 1.165) is 0 Å². The third-order valence-electron chi connectivity index (χ3n) is 1.83.